The molecular weight excluding hydrogens is 412 g/mol. The lowest BCUT2D eigenvalue weighted by atomic mass is 9.80. The Bertz CT molecular complexity index is 1110. The molecule has 6 nitrogen and oxygen atoms in total. The molecule has 0 saturated carbocycles. The van der Waals surface area contributed by atoms with E-state index in [-0.39, 0.29) is 12.1 Å². The smallest absolute Gasteiger partial charge is 0.313 e. The Labute approximate surface area is 195 Å². The van der Waals surface area contributed by atoms with E-state index in [4.69, 9.17) is 0 Å². The second-order valence-corrected chi connectivity index (χ2v) is 9.14. The third-order valence-electron chi connectivity index (χ3n) is 6.62. The number of aliphatic carboxylic acids is 1. The summed E-state index contributed by atoms with van der Waals surface area (Å²) in [5, 5.41) is 20.5. The molecule has 33 heavy (non-hydrogen) atoms. The van der Waals surface area contributed by atoms with Crippen LogP contribution in [0.15, 0.2) is 66.9 Å². The third kappa shape index (κ3) is 4.86. The highest BCUT2D eigenvalue weighted by Gasteiger charge is 2.31. The highest BCUT2D eigenvalue weighted by Crippen LogP contribution is 2.30. The van der Waals surface area contributed by atoms with Gasteiger partial charge in [-0.3, -0.25) is 4.79 Å². The van der Waals surface area contributed by atoms with Crippen LogP contribution in [-0.2, 0) is 16.6 Å². The number of nitrogens with zero attached hydrogens (tertiary/aromatic N) is 1. The van der Waals surface area contributed by atoms with Crippen molar-refractivity contribution in [1.82, 2.24) is 10.3 Å². The molecule has 172 valence electrons. The first-order valence-corrected chi connectivity index (χ1v) is 11.4. The van der Waals surface area contributed by atoms with Crippen molar-refractivity contribution >= 4 is 17.5 Å². The molecule has 4 N–H and O–H groups in total. The van der Waals surface area contributed by atoms with Crippen LogP contribution in [-0.4, -0.2) is 35.2 Å². The highest BCUT2D eigenvalue weighted by molar-refractivity contribution is 5.81. The maximum Gasteiger partial charge on any atom is 0.313 e. The lowest BCUT2D eigenvalue weighted by Gasteiger charge is -2.34. The number of pyridine rings is 1. The van der Waals surface area contributed by atoms with E-state index in [2.05, 4.69) is 51.3 Å². The van der Waals surface area contributed by atoms with E-state index in [0.717, 1.165) is 42.1 Å². The Balaban J connectivity index is 1.51. The monoisotopic (exact) mass is 444 g/mol. The topological polar surface area (TPSA) is 86.3 Å². The number of hydrogen-bond donors (Lipinski definition) is 4. The summed E-state index contributed by atoms with van der Waals surface area (Å²) in [7, 11) is 0. The van der Waals surface area contributed by atoms with Crippen LogP contribution in [0.5, 0.6) is 0 Å². The zero-order valence-corrected chi connectivity index (χ0v) is 19.4. The minimum absolute atomic E-state index is 0.0906. The number of fused-ring (bicyclic) bond motifs is 1. The van der Waals surface area contributed by atoms with Crippen LogP contribution in [0.1, 0.15) is 42.1 Å². The van der Waals surface area contributed by atoms with Gasteiger partial charge in [-0.2, -0.15) is 0 Å². The number of anilines is 2. The SMILES string of the molecule is Cc1c(CCN[C@H](c2ccccc2)[C@H]2CNc3cccnc3N2)cccc1C(C)(C)C(=O)O. The molecule has 0 saturated heterocycles. The second-order valence-electron chi connectivity index (χ2n) is 9.14. The number of carboxylic acids is 1. The van der Waals surface area contributed by atoms with E-state index < -0.39 is 11.4 Å². The standard InChI is InChI=1S/C27H32N4O2/c1-18-19(11-7-12-21(18)27(2,3)26(32)33)14-16-28-24(20-9-5-4-6-10-20)23-17-30-22-13-8-15-29-25(22)31-23/h4-13,15,23-24,28,30H,14,16-17H2,1-3H3,(H,29,31)(H,32,33)/t23-,24-/m1/s1. The van der Waals surface area contributed by atoms with E-state index in [1.807, 2.05) is 37.3 Å². The number of aromatic nitrogens is 1. The zero-order valence-electron chi connectivity index (χ0n) is 19.4. The van der Waals surface area contributed by atoms with Crippen molar-refractivity contribution in [3.63, 3.8) is 0 Å². The van der Waals surface area contributed by atoms with Crippen molar-refractivity contribution in [2.45, 2.75) is 44.7 Å². The number of carbonyl (C=O) groups is 1. The highest BCUT2D eigenvalue weighted by atomic mass is 16.4. The van der Waals surface area contributed by atoms with Crippen LogP contribution >= 0.6 is 0 Å². The van der Waals surface area contributed by atoms with Crippen LogP contribution in [0.4, 0.5) is 11.5 Å². The molecule has 0 amide bonds. The van der Waals surface area contributed by atoms with Gasteiger partial charge in [-0.15, -0.1) is 0 Å². The quantitative estimate of drug-likeness (QED) is 0.408. The summed E-state index contributed by atoms with van der Waals surface area (Å²) in [5.41, 5.74) is 4.41. The van der Waals surface area contributed by atoms with E-state index in [0.29, 0.717) is 0 Å². The maximum absolute atomic E-state index is 11.8. The summed E-state index contributed by atoms with van der Waals surface area (Å²) in [6.07, 6.45) is 2.61. The van der Waals surface area contributed by atoms with Crippen LogP contribution in [0.25, 0.3) is 0 Å². The lowest BCUT2D eigenvalue weighted by molar-refractivity contribution is -0.142. The molecule has 4 rings (SSSR count). The molecule has 0 radical (unpaired) electrons. The normalized spacial score (nSPS) is 16.3. The van der Waals surface area contributed by atoms with Gasteiger partial charge in [0.2, 0.25) is 0 Å². The van der Waals surface area contributed by atoms with Crippen LogP contribution in [0.2, 0.25) is 0 Å². The van der Waals surface area contributed by atoms with Crippen molar-refractivity contribution < 1.29 is 9.90 Å². The minimum Gasteiger partial charge on any atom is -0.481 e. The van der Waals surface area contributed by atoms with Gasteiger partial charge in [-0.25, -0.2) is 4.98 Å². The third-order valence-corrected chi connectivity index (χ3v) is 6.62. The van der Waals surface area contributed by atoms with E-state index in [9.17, 15) is 9.90 Å². The largest absolute Gasteiger partial charge is 0.481 e. The maximum atomic E-state index is 11.8. The summed E-state index contributed by atoms with van der Waals surface area (Å²) in [6.45, 7) is 7.11. The van der Waals surface area contributed by atoms with Crippen LogP contribution < -0.4 is 16.0 Å². The predicted octanol–water partition coefficient (Wildman–Crippen LogP) is 4.53. The zero-order chi connectivity index (χ0) is 23.4. The fourth-order valence-corrected chi connectivity index (χ4v) is 4.57. The predicted molar refractivity (Wildman–Crippen MR) is 133 cm³/mol. The molecule has 2 atom stereocenters. The Kier molecular flexibility index (Phi) is 6.65. The van der Waals surface area contributed by atoms with Crippen molar-refractivity contribution in [1.29, 1.82) is 0 Å². The first kappa shape index (κ1) is 22.8. The molecule has 0 unspecified atom stereocenters. The van der Waals surface area contributed by atoms with Gasteiger partial charge in [0, 0.05) is 12.7 Å². The van der Waals surface area contributed by atoms with Crippen LogP contribution in [0, 0.1) is 6.92 Å². The summed E-state index contributed by atoms with van der Waals surface area (Å²) in [4.78, 5) is 16.3. The summed E-state index contributed by atoms with van der Waals surface area (Å²) < 4.78 is 0. The molecule has 1 aliphatic heterocycles. The average molecular weight is 445 g/mol. The molecule has 1 aromatic heterocycles. The van der Waals surface area contributed by atoms with Gasteiger partial charge >= 0.3 is 5.97 Å². The van der Waals surface area contributed by atoms with Gasteiger partial charge in [-0.05, 0) is 68.1 Å². The molecule has 0 bridgehead atoms. The summed E-state index contributed by atoms with van der Waals surface area (Å²) >= 11 is 0. The molecular formula is C27H32N4O2. The Morgan fingerprint density at radius 2 is 1.94 bits per heavy atom. The summed E-state index contributed by atoms with van der Waals surface area (Å²) in [5.74, 6) is 0.0608. The number of hydrogen-bond acceptors (Lipinski definition) is 5. The van der Waals surface area contributed by atoms with Gasteiger partial charge in [0.25, 0.3) is 0 Å². The number of rotatable bonds is 8. The Morgan fingerprint density at radius 1 is 1.15 bits per heavy atom. The number of benzene rings is 2. The van der Waals surface area contributed by atoms with Crippen molar-refractivity contribution in [3.8, 4) is 0 Å². The van der Waals surface area contributed by atoms with Gasteiger partial charge in [0.05, 0.1) is 23.2 Å². The fraction of sp³-hybridized carbons (Fsp3) is 0.333. The first-order chi connectivity index (χ1) is 15.9. The molecule has 2 aromatic carbocycles. The average Bonchev–Trinajstić information content (AvgIpc) is 2.83. The van der Waals surface area contributed by atoms with Gasteiger partial charge in [0.1, 0.15) is 5.82 Å². The molecule has 0 fully saturated rings. The van der Waals surface area contributed by atoms with Gasteiger partial charge in [-0.1, -0.05) is 48.5 Å². The number of carboxylic acid groups (broad SMARTS) is 1. The molecule has 6 heteroatoms. The molecule has 2 heterocycles. The van der Waals surface area contributed by atoms with Crippen molar-refractivity contribution in [3.05, 3.63) is 89.1 Å². The lowest BCUT2D eigenvalue weighted by Crippen LogP contribution is -2.44. The molecule has 0 aliphatic carbocycles. The number of nitrogens with one attached hydrogen (secondary N) is 3. The fourth-order valence-electron chi connectivity index (χ4n) is 4.57. The van der Waals surface area contributed by atoms with Gasteiger partial charge in [0.15, 0.2) is 0 Å². The second kappa shape index (κ2) is 9.63. The molecule has 1 aliphatic rings. The molecule has 0 spiro atoms. The van der Waals surface area contributed by atoms with Gasteiger partial charge < -0.3 is 21.1 Å². The van der Waals surface area contributed by atoms with Crippen molar-refractivity contribution in [2.75, 3.05) is 23.7 Å². The Morgan fingerprint density at radius 3 is 2.70 bits per heavy atom. The first-order valence-electron chi connectivity index (χ1n) is 11.4. The van der Waals surface area contributed by atoms with Crippen molar-refractivity contribution in [2.24, 2.45) is 0 Å². The summed E-state index contributed by atoms with van der Waals surface area (Å²) in [6, 6.07) is 20.6. The minimum atomic E-state index is -0.918. The Hall–Kier alpha value is -3.38. The van der Waals surface area contributed by atoms with E-state index >= 15 is 0 Å². The molecule has 3 aromatic rings. The van der Waals surface area contributed by atoms with E-state index in [1.165, 1.54) is 11.1 Å². The van der Waals surface area contributed by atoms with Crippen LogP contribution in [0.3, 0.4) is 0 Å². The van der Waals surface area contributed by atoms with E-state index in [1.54, 1.807) is 20.0 Å².